The van der Waals surface area contributed by atoms with Gasteiger partial charge in [0.15, 0.2) is 5.16 Å². The summed E-state index contributed by atoms with van der Waals surface area (Å²) in [5.41, 5.74) is 0. The minimum absolute atomic E-state index is 0.0234. The van der Waals surface area contributed by atoms with E-state index in [0.717, 1.165) is 5.16 Å². The molecule has 0 fully saturated rings. The molecule has 1 aromatic heterocycles. The third-order valence-electron chi connectivity index (χ3n) is 2.97. The van der Waals surface area contributed by atoms with Crippen molar-refractivity contribution in [2.45, 2.75) is 38.4 Å². The van der Waals surface area contributed by atoms with Crippen molar-refractivity contribution in [3.05, 3.63) is 6.33 Å². The number of nitrogens with zero attached hydrogens (tertiary/aromatic N) is 4. The van der Waals surface area contributed by atoms with Crippen molar-refractivity contribution in [1.82, 2.24) is 19.7 Å². The zero-order valence-electron chi connectivity index (χ0n) is 12.9. The molecule has 0 aliphatic rings. The summed E-state index contributed by atoms with van der Waals surface area (Å²) in [6.07, 6.45) is 1.87. The average Bonchev–Trinajstić information content (AvgIpc) is 2.94. The lowest BCUT2D eigenvalue weighted by Crippen LogP contribution is -2.34. The Bertz CT molecular complexity index is 476. The monoisotopic (exact) mass is 314 g/mol. The largest absolute Gasteiger partial charge is 0.469 e. The van der Waals surface area contributed by atoms with Gasteiger partial charge in [-0.1, -0.05) is 11.8 Å². The first kappa shape index (κ1) is 17.5. The van der Waals surface area contributed by atoms with Crippen LogP contribution in [-0.2, 0) is 14.3 Å². The summed E-state index contributed by atoms with van der Waals surface area (Å²) in [7, 11) is 1.34. The molecule has 0 atom stereocenters. The minimum atomic E-state index is -0.312. The molecule has 0 aliphatic carbocycles. The normalized spacial score (nSPS) is 10.7. The molecular formula is C13H22N4O3S. The van der Waals surface area contributed by atoms with Crippen LogP contribution >= 0.6 is 11.8 Å². The van der Waals surface area contributed by atoms with Crippen LogP contribution in [0, 0.1) is 0 Å². The zero-order valence-corrected chi connectivity index (χ0v) is 13.7. The summed E-state index contributed by atoms with van der Waals surface area (Å²) >= 11 is 1.36. The van der Waals surface area contributed by atoms with Crippen molar-refractivity contribution in [1.29, 1.82) is 0 Å². The Balaban J connectivity index is 2.50. The van der Waals surface area contributed by atoms with Gasteiger partial charge in [0.05, 0.1) is 19.3 Å². The molecule has 7 nitrogen and oxygen atoms in total. The summed E-state index contributed by atoms with van der Waals surface area (Å²) in [6, 6.07) is 0.249. The summed E-state index contributed by atoms with van der Waals surface area (Å²) in [5.74, 6) is -0.0568. The highest BCUT2D eigenvalue weighted by Crippen LogP contribution is 2.19. The van der Waals surface area contributed by atoms with Crippen molar-refractivity contribution in [2.24, 2.45) is 0 Å². The second-order valence-electron chi connectivity index (χ2n) is 4.70. The highest BCUT2D eigenvalue weighted by molar-refractivity contribution is 7.99. The molecule has 21 heavy (non-hydrogen) atoms. The van der Waals surface area contributed by atoms with Gasteiger partial charge >= 0.3 is 5.97 Å². The van der Waals surface area contributed by atoms with Crippen LogP contribution in [-0.4, -0.2) is 57.5 Å². The molecule has 0 radical (unpaired) electrons. The van der Waals surface area contributed by atoms with Gasteiger partial charge < -0.3 is 14.2 Å². The van der Waals surface area contributed by atoms with Gasteiger partial charge in [-0.25, -0.2) is 0 Å². The Morgan fingerprint density at radius 1 is 1.48 bits per heavy atom. The van der Waals surface area contributed by atoms with Crippen LogP contribution in [0.2, 0.25) is 0 Å². The van der Waals surface area contributed by atoms with Gasteiger partial charge in [-0.05, 0) is 20.8 Å². The molecular weight excluding hydrogens is 292 g/mol. The number of ether oxygens (including phenoxy) is 1. The zero-order chi connectivity index (χ0) is 15.8. The number of esters is 1. The molecule has 0 saturated heterocycles. The van der Waals surface area contributed by atoms with Crippen LogP contribution < -0.4 is 0 Å². The minimum Gasteiger partial charge on any atom is -0.469 e. The maximum atomic E-state index is 12.1. The van der Waals surface area contributed by atoms with Gasteiger partial charge in [0.25, 0.3) is 0 Å². The van der Waals surface area contributed by atoms with E-state index in [9.17, 15) is 9.59 Å². The first-order valence-corrected chi connectivity index (χ1v) is 7.85. The number of carbonyl (C=O) groups excluding carboxylic acids is 2. The van der Waals surface area contributed by atoms with Crippen molar-refractivity contribution in [3.8, 4) is 0 Å². The fourth-order valence-electron chi connectivity index (χ4n) is 1.69. The molecule has 118 valence electrons. The number of aromatic nitrogens is 3. The molecule has 1 amide bonds. The van der Waals surface area contributed by atoms with E-state index in [1.54, 1.807) is 11.2 Å². The molecule has 1 aromatic rings. The second-order valence-corrected chi connectivity index (χ2v) is 5.65. The fraction of sp³-hybridized carbons (Fsp3) is 0.692. The first-order chi connectivity index (χ1) is 9.99. The van der Waals surface area contributed by atoms with Crippen LogP contribution in [0.3, 0.4) is 0 Å². The van der Waals surface area contributed by atoms with Crippen LogP contribution in [0.1, 0.15) is 33.2 Å². The topological polar surface area (TPSA) is 77.3 Å². The van der Waals surface area contributed by atoms with E-state index < -0.39 is 0 Å². The number of amides is 1. The molecule has 1 heterocycles. The van der Waals surface area contributed by atoms with E-state index in [0.29, 0.717) is 13.1 Å². The van der Waals surface area contributed by atoms with Gasteiger partial charge in [-0.15, -0.1) is 10.2 Å². The number of hydrogen-bond acceptors (Lipinski definition) is 6. The van der Waals surface area contributed by atoms with Gasteiger partial charge in [0.2, 0.25) is 5.91 Å². The van der Waals surface area contributed by atoms with Crippen LogP contribution in [0.15, 0.2) is 11.5 Å². The average molecular weight is 314 g/mol. The number of hydrogen-bond donors (Lipinski definition) is 0. The highest BCUT2D eigenvalue weighted by atomic mass is 32.2. The Morgan fingerprint density at radius 3 is 2.76 bits per heavy atom. The van der Waals surface area contributed by atoms with Gasteiger partial charge in [0.1, 0.15) is 6.33 Å². The Hall–Kier alpha value is -1.57. The summed E-state index contributed by atoms with van der Waals surface area (Å²) in [5, 5.41) is 8.60. The maximum Gasteiger partial charge on any atom is 0.307 e. The molecule has 0 spiro atoms. The van der Waals surface area contributed by atoms with E-state index in [2.05, 4.69) is 14.9 Å². The molecule has 8 heteroatoms. The lowest BCUT2D eigenvalue weighted by molar-refractivity contribution is -0.141. The standard InChI is InChI=1S/C13H22N4O3S/c1-5-16(7-6-12(19)20-4)11(18)8-21-13-15-14-9-17(13)10(2)3/h9-10H,5-8H2,1-4H3. The van der Waals surface area contributed by atoms with E-state index in [4.69, 9.17) is 0 Å². The van der Waals surface area contributed by atoms with Crippen LogP contribution in [0.4, 0.5) is 0 Å². The van der Waals surface area contributed by atoms with Gasteiger partial charge in [-0.3, -0.25) is 9.59 Å². The molecule has 0 bridgehead atoms. The highest BCUT2D eigenvalue weighted by Gasteiger charge is 2.16. The Kier molecular flexibility index (Phi) is 7.21. The molecule has 1 rings (SSSR count). The molecule has 0 saturated carbocycles. The smallest absolute Gasteiger partial charge is 0.307 e. The maximum absolute atomic E-state index is 12.1. The quantitative estimate of drug-likeness (QED) is 0.532. The van der Waals surface area contributed by atoms with E-state index >= 15 is 0 Å². The van der Waals surface area contributed by atoms with Crippen LogP contribution in [0.5, 0.6) is 0 Å². The Morgan fingerprint density at radius 2 is 2.19 bits per heavy atom. The fourth-order valence-corrected chi connectivity index (χ4v) is 2.64. The van der Waals surface area contributed by atoms with Crippen molar-refractivity contribution >= 4 is 23.6 Å². The molecule has 0 N–H and O–H groups in total. The lowest BCUT2D eigenvalue weighted by Gasteiger charge is -2.20. The second kappa shape index (κ2) is 8.66. The number of rotatable bonds is 8. The van der Waals surface area contributed by atoms with Gasteiger partial charge in [-0.2, -0.15) is 0 Å². The predicted molar refractivity (Wildman–Crippen MR) is 80.0 cm³/mol. The SMILES string of the molecule is CCN(CCC(=O)OC)C(=O)CSc1nncn1C(C)C. The molecule has 0 aliphatic heterocycles. The van der Waals surface area contributed by atoms with E-state index in [1.165, 1.54) is 18.9 Å². The lowest BCUT2D eigenvalue weighted by atomic mass is 10.3. The van der Waals surface area contributed by atoms with E-state index in [1.807, 2.05) is 25.3 Å². The number of carbonyl (C=O) groups is 2. The Labute approximate surface area is 129 Å². The van der Waals surface area contributed by atoms with Gasteiger partial charge in [0, 0.05) is 19.1 Å². The van der Waals surface area contributed by atoms with Crippen molar-refractivity contribution < 1.29 is 14.3 Å². The van der Waals surface area contributed by atoms with Crippen LogP contribution in [0.25, 0.3) is 0 Å². The number of methoxy groups -OCH3 is 1. The van der Waals surface area contributed by atoms with Crippen molar-refractivity contribution in [3.63, 3.8) is 0 Å². The van der Waals surface area contributed by atoms with E-state index in [-0.39, 0.29) is 30.1 Å². The summed E-state index contributed by atoms with van der Waals surface area (Å²) in [6.45, 7) is 6.89. The summed E-state index contributed by atoms with van der Waals surface area (Å²) in [4.78, 5) is 24.9. The third kappa shape index (κ3) is 5.37. The van der Waals surface area contributed by atoms with Crippen molar-refractivity contribution in [2.75, 3.05) is 26.0 Å². The predicted octanol–water partition coefficient (Wildman–Crippen LogP) is 1.36. The third-order valence-corrected chi connectivity index (χ3v) is 3.91. The molecule has 0 aromatic carbocycles. The number of thioether (sulfide) groups is 1. The summed E-state index contributed by atoms with van der Waals surface area (Å²) < 4.78 is 6.50. The first-order valence-electron chi connectivity index (χ1n) is 6.86. The molecule has 0 unspecified atom stereocenters.